The summed E-state index contributed by atoms with van der Waals surface area (Å²) in [5.74, 6) is 0.0407. The normalized spacial score (nSPS) is 14.4. The van der Waals surface area contributed by atoms with Gasteiger partial charge in [0.05, 0.1) is 5.60 Å². The molecule has 1 aromatic rings. The van der Waals surface area contributed by atoms with E-state index >= 15 is 0 Å². The molecule has 0 aliphatic heterocycles. The first-order valence-electron chi connectivity index (χ1n) is 8.95. The van der Waals surface area contributed by atoms with Crippen molar-refractivity contribution in [3.63, 3.8) is 0 Å². The molecule has 0 amide bonds. The van der Waals surface area contributed by atoms with Crippen LogP contribution in [0.2, 0.25) is 0 Å². The van der Waals surface area contributed by atoms with Gasteiger partial charge >= 0.3 is 0 Å². The quantitative estimate of drug-likeness (QED) is 0.556. The first-order valence-corrected chi connectivity index (χ1v) is 8.95. The minimum Gasteiger partial charge on any atom is -0.508 e. The van der Waals surface area contributed by atoms with Gasteiger partial charge in [0, 0.05) is 20.3 Å². The number of hydrogen-bond acceptors (Lipinski definition) is 4. The van der Waals surface area contributed by atoms with Crippen LogP contribution in [-0.4, -0.2) is 29.5 Å². The summed E-state index contributed by atoms with van der Waals surface area (Å²) in [5.41, 5.74) is -0.474. The Morgan fingerprint density at radius 2 is 1.42 bits per heavy atom. The summed E-state index contributed by atoms with van der Waals surface area (Å²) in [5, 5.41) is 29.9. The molecule has 0 radical (unpaired) electrons. The van der Waals surface area contributed by atoms with E-state index in [4.69, 9.17) is 0 Å². The number of unbranched alkanes of at least 4 members (excludes halogenated alkanes) is 5. The number of methoxy groups -OCH3 is 1. The molecule has 2 atom stereocenters. The second-order valence-corrected chi connectivity index (χ2v) is 6.75. The number of rotatable bonds is 9. The molecule has 0 aliphatic carbocycles. The number of ether oxygens (including phenoxy) is 1. The van der Waals surface area contributed by atoms with Gasteiger partial charge in [0.25, 0.3) is 0 Å². The van der Waals surface area contributed by atoms with Gasteiger partial charge < -0.3 is 20.1 Å². The van der Waals surface area contributed by atoms with Gasteiger partial charge in [0.1, 0.15) is 11.5 Å². The summed E-state index contributed by atoms with van der Waals surface area (Å²) in [6, 6.07) is 4.33. The van der Waals surface area contributed by atoms with Crippen molar-refractivity contribution in [2.24, 2.45) is 5.92 Å². The lowest BCUT2D eigenvalue weighted by Crippen LogP contribution is -2.29. The fourth-order valence-corrected chi connectivity index (χ4v) is 2.68. The van der Waals surface area contributed by atoms with Crippen molar-refractivity contribution >= 4 is 0 Å². The summed E-state index contributed by atoms with van der Waals surface area (Å²) >= 11 is 0. The van der Waals surface area contributed by atoms with Crippen LogP contribution in [0.1, 0.15) is 71.3 Å². The molecule has 140 valence electrons. The van der Waals surface area contributed by atoms with Crippen LogP contribution in [0.25, 0.3) is 0 Å². The largest absolute Gasteiger partial charge is 0.508 e. The Bertz CT molecular complexity index is 423. The molecule has 0 saturated heterocycles. The molecule has 0 heterocycles. The van der Waals surface area contributed by atoms with Gasteiger partial charge in [0.2, 0.25) is 0 Å². The van der Waals surface area contributed by atoms with Crippen LogP contribution in [0.15, 0.2) is 18.2 Å². The third-order valence-electron chi connectivity index (χ3n) is 4.44. The van der Waals surface area contributed by atoms with Gasteiger partial charge in [-0.3, -0.25) is 0 Å². The molecular formula is C20H36O4. The number of aliphatic hydroxyl groups is 1. The van der Waals surface area contributed by atoms with Crippen LogP contribution in [0.4, 0.5) is 0 Å². The average molecular weight is 341 g/mol. The number of phenols is 2. The Kier molecular flexibility index (Phi) is 11.5. The van der Waals surface area contributed by atoms with E-state index in [1.165, 1.54) is 50.3 Å². The molecule has 0 spiro atoms. The van der Waals surface area contributed by atoms with E-state index in [0.717, 1.165) is 12.8 Å². The van der Waals surface area contributed by atoms with Gasteiger partial charge in [-0.25, -0.2) is 0 Å². The van der Waals surface area contributed by atoms with Crippen molar-refractivity contribution in [3.05, 3.63) is 23.8 Å². The van der Waals surface area contributed by atoms with Gasteiger partial charge in [-0.2, -0.15) is 0 Å². The summed E-state index contributed by atoms with van der Waals surface area (Å²) < 4.78 is 4.25. The van der Waals surface area contributed by atoms with Crippen molar-refractivity contribution in [2.45, 2.75) is 71.3 Å². The molecule has 4 heteroatoms. The maximum Gasteiger partial charge on any atom is 0.119 e. The predicted molar refractivity (Wildman–Crippen MR) is 99.4 cm³/mol. The molecule has 0 bridgehead atoms. The second-order valence-electron chi connectivity index (χ2n) is 6.75. The predicted octanol–water partition coefficient (Wildman–Crippen LogP) is 4.95. The molecule has 0 fully saturated rings. The van der Waals surface area contributed by atoms with E-state index in [1.807, 2.05) is 6.92 Å². The number of hydrogen-bond donors (Lipinski definition) is 3. The highest BCUT2D eigenvalue weighted by Gasteiger charge is 2.30. The molecular weight excluding hydrogens is 304 g/mol. The Balaban J connectivity index is 0.00000163. The molecule has 0 aliphatic rings. The van der Waals surface area contributed by atoms with Crippen molar-refractivity contribution in [1.82, 2.24) is 0 Å². The van der Waals surface area contributed by atoms with Crippen molar-refractivity contribution in [1.29, 1.82) is 0 Å². The van der Waals surface area contributed by atoms with E-state index < -0.39 is 5.60 Å². The Morgan fingerprint density at radius 3 is 1.92 bits per heavy atom. The minimum absolute atomic E-state index is 0.0166. The average Bonchev–Trinajstić information content (AvgIpc) is 2.50. The molecule has 0 saturated carbocycles. The fraction of sp³-hybridized carbons (Fsp3) is 0.700. The molecule has 24 heavy (non-hydrogen) atoms. The Morgan fingerprint density at radius 1 is 0.958 bits per heavy atom. The van der Waals surface area contributed by atoms with Crippen LogP contribution in [0, 0.1) is 5.92 Å². The van der Waals surface area contributed by atoms with Crippen LogP contribution in [0.3, 0.4) is 0 Å². The molecule has 3 N–H and O–H groups in total. The summed E-state index contributed by atoms with van der Waals surface area (Å²) in [7, 11) is 3.25. The Labute approximate surface area is 147 Å². The highest BCUT2D eigenvalue weighted by molar-refractivity contribution is 5.39. The smallest absolute Gasteiger partial charge is 0.119 e. The van der Waals surface area contributed by atoms with Crippen LogP contribution < -0.4 is 0 Å². The molecule has 1 aromatic carbocycles. The maximum absolute atomic E-state index is 10.7. The Hall–Kier alpha value is -1.26. The topological polar surface area (TPSA) is 69.9 Å². The van der Waals surface area contributed by atoms with Gasteiger partial charge in [-0.05, 0) is 37.0 Å². The zero-order valence-electron chi connectivity index (χ0n) is 16.0. The van der Waals surface area contributed by atoms with E-state index in [-0.39, 0.29) is 17.4 Å². The second kappa shape index (κ2) is 12.2. The third-order valence-corrected chi connectivity index (χ3v) is 4.44. The monoisotopic (exact) mass is 340 g/mol. The van der Waals surface area contributed by atoms with E-state index in [9.17, 15) is 15.3 Å². The number of aromatic hydroxyl groups is 2. The molecule has 0 aromatic heterocycles. The number of phenolic OH excluding ortho intramolecular Hbond substituents is 2. The molecule has 2 unspecified atom stereocenters. The van der Waals surface area contributed by atoms with Crippen molar-refractivity contribution in [3.8, 4) is 11.5 Å². The van der Waals surface area contributed by atoms with Gasteiger partial charge in [-0.15, -0.1) is 0 Å². The van der Waals surface area contributed by atoms with Crippen LogP contribution in [0.5, 0.6) is 11.5 Å². The fourth-order valence-electron chi connectivity index (χ4n) is 2.68. The van der Waals surface area contributed by atoms with Crippen LogP contribution >= 0.6 is 0 Å². The summed E-state index contributed by atoms with van der Waals surface area (Å²) in [6.45, 7) is 5.99. The summed E-state index contributed by atoms with van der Waals surface area (Å²) in [4.78, 5) is 0. The molecule has 1 rings (SSSR count). The van der Waals surface area contributed by atoms with Gasteiger partial charge in [0.15, 0.2) is 0 Å². The SMILES string of the molecule is CCCCCCCCC(C)C(C)(O)c1cc(O)cc(O)c1.COC. The lowest BCUT2D eigenvalue weighted by atomic mass is 9.81. The highest BCUT2D eigenvalue weighted by atomic mass is 16.4. The lowest BCUT2D eigenvalue weighted by Gasteiger charge is -2.31. The van der Waals surface area contributed by atoms with Crippen molar-refractivity contribution in [2.75, 3.05) is 14.2 Å². The van der Waals surface area contributed by atoms with E-state index in [1.54, 1.807) is 21.1 Å². The number of benzene rings is 1. The lowest BCUT2D eigenvalue weighted by molar-refractivity contribution is -0.00324. The zero-order valence-corrected chi connectivity index (χ0v) is 16.0. The third kappa shape index (κ3) is 8.55. The molecule has 4 nitrogen and oxygen atoms in total. The zero-order chi connectivity index (χ0) is 18.6. The minimum atomic E-state index is -1.04. The highest BCUT2D eigenvalue weighted by Crippen LogP contribution is 2.36. The standard InChI is InChI=1S/C18H30O3.C2H6O/c1-4-5-6-7-8-9-10-14(2)18(3,21)15-11-16(19)13-17(20)12-15;1-3-2/h11-14,19-21H,4-10H2,1-3H3;1-2H3. The first kappa shape index (κ1) is 22.7. The summed E-state index contributed by atoms with van der Waals surface area (Å²) in [6.07, 6.45) is 8.35. The van der Waals surface area contributed by atoms with E-state index in [2.05, 4.69) is 11.7 Å². The van der Waals surface area contributed by atoms with Gasteiger partial charge in [-0.1, -0.05) is 52.4 Å². The maximum atomic E-state index is 10.7. The first-order chi connectivity index (χ1) is 11.3. The van der Waals surface area contributed by atoms with E-state index in [0.29, 0.717) is 5.56 Å². The van der Waals surface area contributed by atoms with Crippen molar-refractivity contribution < 1.29 is 20.1 Å². The van der Waals surface area contributed by atoms with Crippen LogP contribution in [-0.2, 0) is 10.3 Å².